The summed E-state index contributed by atoms with van der Waals surface area (Å²) in [5.74, 6) is -0.254. The quantitative estimate of drug-likeness (QED) is 0.541. The van der Waals surface area contributed by atoms with Crippen LogP contribution < -0.4 is 9.88 Å². The third kappa shape index (κ3) is 6.21. The molecule has 0 aliphatic carbocycles. The van der Waals surface area contributed by atoms with Gasteiger partial charge in [-0.15, -0.1) is 0 Å². The maximum atomic E-state index is 12.6. The molecule has 0 fully saturated rings. The highest BCUT2D eigenvalue weighted by atomic mass is 32.2. The van der Waals surface area contributed by atoms with E-state index < -0.39 is 15.8 Å². The minimum Gasteiger partial charge on any atom is -0.507 e. The first kappa shape index (κ1) is 21.7. The van der Waals surface area contributed by atoms with Gasteiger partial charge >= 0.3 is 0 Å². The number of nitrogens with two attached hydrogens (primary N) is 1. The number of sulfonamides is 1. The van der Waals surface area contributed by atoms with Crippen molar-refractivity contribution in [1.29, 1.82) is 0 Å². The molecule has 2 rings (SSSR count). The monoisotopic (exact) mass is 403 g/mol. The van der Waals surface area contributed by atoms with Crippen molar-refractivity contribution in [3.8, 4) is 11.5 Å². The number of primary sulfonamides is 1. The van der Waals surface area contributed by atoms with Crippen LogP contribution >= 0.6 is 0 Å². The van der Waals surface area contributed by atoms with Crippen molar-refractivity contribution in [3.05, 3.63) is 59.7 Å². The maximum absolute atomic E-state index is 12.6. The summed E-state index contributed by atoms with van der Waals surface area (Å²) in [5, 5.41) is 15.2. The summed E-state index contributed by atoms with van der Waals surface area (Å²) in [7, 11) is -3.77. The van der Waals surface area contributed by atoms with Crippen molar-refractivity contribution in [1.82, 2.24) is 0 Å². The van der Waals surface area contributed by atoms with Crippen molar-refractivity contribution in [2.75, 3.05) is 6.61 Å². The highest BCUT2D eigenvalue weighted by Crippen LogP contribution is 2.29. The molecule has 3 N–H and O–H groups in total. The number of phenols is 1. The third-order valence-electron chi connectivity index (χ3n) is 4.00. The second-order valence-corrected chi connectivity index (χ2v) is 9.18. The number of allylic oxidation sites excluding steroid dienone is 1. The van der Waals surface area contributed by atoms with Crippen molar-refractivity contribution in [3.63, 3.8) is 0 Å². The summed E-state index contributed by atoms with van der Waals surface area (Å²) < 4.78 is 28.3. The molecule has 0 aliphatic heterocycles. The molecule has 2 aromatic rings. The van der Waals surface area contributed by atoms with Gasteiger partial charge in [0.25, 0.3) is 0 Å². The summed E-state index contributed by atoms with van der Waals surface area (Å²) in [5.41, 5.74) is 0.796. The van der Waals surface area contributed by atoms with E-state index in [1.54, 1.807) is 12.1 Å². The van der Waals surface area contributed by atoms with Gasteiger partial charge in [0.15, 0.2) is 5.78 Å². The van der Waals surface area contributed by atoms with E-state index in [4.69, 9.17) is 9.88 Å². The molecule has 0 aliphatic rings. The van der Waals surface area contributed by atoms with Crippen LogP contribution in [0.25, 0.3) is 6.08 Å². The van der Waals surface area contributed by atoms with Gasteiger partial charge in [0.1, 0.15) is 17.1 Å². The van der Waals surface area contributed by atoms with Crippen LogP contribution in [-0.4, -0.2) is 25.9 Å². The van der Waals surface area contributed by atoms with E-state index in [1.807, 2.05) is 0 Å². The second kappa shape index (κ2) is 8.58. The van der Waals surface area contributed by atoms with Gasteiger partial charge < -0.3 is 9.84 Å². The molecule has 0 radical (unpaired) electrons. The Kier molecular flexibility index (Phi) is 6.64. The SMILES string of the molecule is CC(C)(C)CCOc1cccc(O)c1C(=O)/C=C/c1ccc(S(N)(=O)=O)cc1. The number of ether oxygens (including phenoxy) is 1. The van der Waals surface area contributed by atoms with Crippen LogP contribution in [0.4, 0.5) is 0 Å². The highest BCUT2D eigenvalue weighted by molar-refractivity contribution is 7.89. The summed E-state index contributed by atoms with van der Waals surface area (Å²) in [6.07, 6.45) is 3.63. The highest BCUT2D eigenvalue weighted by Gasteiger charge is 2.17. The zero-order valence-electron chi connectivity index (χ0n) is 16.2. The minimum absolute atomic E-state index is 0.00813. The molecule has 0 heterocycles. The maximum Gasteiger partial charge on any atom is 0.238 e. The number of carbonyl (C=O) groups is 1. The van der Waals surface area contributed by atoms with Gasteiger partial charge in [-0.1, -0.05) is 45.0 Å². The Morgan fingerprint density at radius 1 is 1.14 bits per heavy atom. The fourth-order valence-corrected chi connectivity index (χ4v) is 2.89. The molecule has 0 bridgehead atoms. The first-order chi connectivity index (χ1) is 13.0. The molecule has 7 heteroatoms. The van der Waals surface area contributed by atoms with Gasteiger partial charge in [0.05, 0.1) is 11.5 Å². The van der Waals surface area contributed by atoms with Crippen LogP contribution in [0.2, 0.25) is 0 Å². The lowest BCUT2D eigenvalue weighted by Crippen LogP contribution is -2.12. The van der Waals surface area contributed by atoms with Gasteiger partial charge in [-0.3, -0.25) is 4.79 Å². The molecule has 0 spiro atoms. The number of ketones is 1. The second-order valence-electron chi connectivity index (χ2n) is 7.62. The Morgan fingerprint density at radius 3 is 2.36 bits per heavy atom. The number of rotatable bonds is 7. The van der Waals surface area contributed by atoms with E-state index in [0.717, 1.165) is 6.42 Å². The van der Waals surface area contributed by atoms with Crippen molar-refractivity contribution in [2.45, 2.75) is 32.1 Å². The predicted octanol–water partition coefficient (Wildman–Crippen LogP) is 3.75. The molecule has 0 amide bonds. The average Bonchev–Trinajstić information content (AvgIpc) is 2.58. The van der Waals surface area contributed by atoms with Crippen LogP contribution in [0.1, 0.15) is 43.1 Å². The first-order valence-electron chi connectivity index (χ1n) is 8.77. The summed E-state index contributed by atoms with van der Waals surface area (Å²) >= 11 is 0. The van der Waals surface area contributed by atoms with Crippen LogP contribution in [-0.2, 0) is 10.0 Å². The van der Waals surface area contributed by atoms with Crippen molar-refractivity contribution in [2.24, 2.45) is 10.6 Å². The lowest BCUT2D eigenvalue weighted by Gasteiger charge is -2.19. The van der Waals surface area contributed by atoms with Crippen LogP contribution in [0.15, 0.2) is 53.4 Å². The Morgan fingerprint density at radius 2 is 1.79 bits per heavy atom. The molecule has 28 heavy (non-hydrogen) atoms. The molecular formula is C21H25NO5S. The topological polar surface area (TPSA) is 107 Å². The van der Waals surface area contributed by atoms with Gasteiger partial charge in [-0.2, -0.15) is 0 Å². The molecule has 6 nitrogen and oxygen atoms in total. The van der Waals surface area contributed by atoms with Gasteiger partial charge in [0, 0.05) is 0 Å². The fraction of sp³-hybridized carbons (Fsp3) is 0.286. The van der Waals surface area contributed by atoms with E-state index in [0.29, 0.717) is 17.9 Å². The molecular weight excluding hydrogens is 378 g/mol. The number of phenolic OH excluding ortho intramolecular Hbond substituents is 1. The average molecular weight is 404 g/mol. The molecule has 0 atom stereocenters. The molecule has 2 aromatic carbocycles. The van der Waals surface area contributed by atoms with E-state index >= 15 is 0 Å². The van der Waals surface area contributed by atoms with Crippen molar-refractivity contribution >= 4 is 21.9 Å². The molecule has 0 unspecified atom stereocenters. The predicted molar refractivity (Wildman–Crippen MR) is 109 cm³/mol. The van der Waals surface area contributed by atoms with Crippen LogP contribution in [0.3, 0.4) is 0 Å². The zero-order valence-corrected chi connectivity index (χ0v) is 17.0. The zero-order chi connectivity index (χ0) is 20.9. The molecule has 0 aromatic heterocycles. The number of carbonyl (C=O) groups excluding carboxylic acids is 1. The van der Waals surface area contributed by atoms with E-state index in [2.05, 4.69) is 20.8 Å². The fourth-order valence-electron chi connectivity index (χ4n) is 2.38. The summed E-state index contributed by atoms with van der Waals surface area (Å²) in [6.45, 7) is 6.70. The molecule has 150 valence electrons. The van der Waals surface area contributed by atoms with Crippen LogP contribution in [0.5, 0.6) is 11.5 Å². The summed E-state index contributed by atoms with van der Waals surface area (Å²) in [4.78, 5) is 12.6. The Bertz CT molecular complexity index is 971. The third-order valence-corrected chi connectivity index (χ3v) is 4.93. The lowest BCUT2D eigenvalue weighted by atomic mass is 9.93. The van der Waals surface area contributed by atoms with Gasteiger partial charge in [-0.05, 0) is 47.7 Å². The van der Waals surface area contributed by atoms with Crippen LogP contribution in [0, 0.1) is 5.41 Å². The Labute approximate surface area is 165 Å². The number of hydrogen-bond acceptors (Lipinski definition) is 5. The minimum atomic E-state index is -3.77. The number of hydrogen-bond donors (Lipinski definition) is 2. The number of aromatic hydroxyl groups is 1. The smallest absolute Gasteiger partial charge is 0.238 e. The van der Waals surface area contributed by atoms with Crippen molar-refractivity contribution < 1.29 is 23.1 Å². The molecule has 0 saturated heterocycles. The largest absolute Gasteiger partial charge is 0.507 e. The van der Waals surface area contributed by atoms with E-state index in [1.165, 1.54) is 42.5 Å². The van der Waals surface area contributed by atoms with E-state index in [-0.39, 0.29) is 21.6 Å². The Hall–Kier alpha value is -2.64. The first-order valence-corrected chi connectivity index (χ1v) is 10.3. The summed E-state index contributed by atoms with van der Waals surface area (Å²) in [6, 6.07) is 10.5. The standard InChI is InChI=1S/C21H25NO5S/c1-21(2,3)13-14-27-19-6-4-5-17(23)20(19)18(24)12-9-15-7-10-16(11-8-15)28(22,25)26/h4-12,23H,13-14H2,1-3H3,(H2,22,25,26)/b12-9+. The van der Waals surface area contributed by atoms with E-state index in [9.17, 15) is 18.3 Å². The number of benzene rings is 2. The lowest BCUT2D eigenvalue weighted by molar-refractivity contribution is 0.104. The Balaban J connectivity index is 2.18. The molecule has 0 saturated carbocycles. The normalized spacial score (nSPS) is 12.3. The van der Waals surface area contributed by atoms with Gasteiger partial charge in [-0.25, -0.2) is 13.6 Å². The van der Waals surface area contributed by atoms with Gasteiger partial charge in [0.2, 0.25) is 10.0 Å².